The van der Waals surface area contributed by atoms with Gasteiger partial charge in [0.1, 0.15) is 0 Å². The number of hydrogen-bond donors (Lipinski definition) is 2. The van der Waals surface area contributed by atoms with E-state index in [0.29, 0.717) is 11.5 Å². The van der Waals surface area contributed by atoms with E-state index in [-0.39, 0.29) is 12.5 Å². The summed E-state index contributed by atoms with van der Waals surface area (Å²) < 4.78 is 1.98. The summed E-state index contributed by atoms with van der Waals surface area (Å²) in [7, 11) is 0. The minimum atomic E-state index is -0.507. The average molecular weight is 299 g/mol. The van der Waals surface area contributed by atoms with Gasteiger partial charge in [0.15, 0.2) is 0 Å². The molecule has 1 atom stereocenters. The standard InChI is InChI=1S/C17H21N3O2/c1-17(11-21,15-6-7-15)19-16(22)14-4-2-13(3-5-14)10-20-9-8-18-12-20/h2-5,8-9,12,15,21H,6-7,10-11H2,1H3,(H,19,22). The van der Waals surface area contributed by atoms with Crippen molar-refractivity contribution in [3.8, 4) is 0 Å². The molecule has 1 saturated carbocycles. The number of nitrogens with one attached hydrogen (secondary N) is 1. The zero-order chi connectivity index (χ0) is 15.6. The van der Waals surface area contributed by atoms with E-state index in [0.717, 1.165) is 24.9 Å². The van der Waals surface area contributed by atoms with Crippen LogP contribution in [0.5, 0.6) is 0 Å². The molecule has 116 valence electrons. The molecule has 1 unspecified atom stereocenters. The van der Waals surface area contributed by atoms with Crippen molar-refractivity contribution < 1.29 is 9.90 Å². The molecule has 3 rings (SSSR count). The first kappa shape index (κ1) is 14.8. The van der Waals surface area contributed by atoms with Crippen LogP contribution in [0.3, 0.4) is 0 Å². The van der Waals surface area contributed by atoms with E-state index in [2.05, 4.69) is 10.3 Å². The predicted octanol–water partition coefficient (Wildman–Crippen LogP) is 1.82. The highest BCUT2D eigenvalue weighted by Crippen LogP contribution is 2.39. The lowest BCUT2D eigenvalue weighted by atomic mass is 9.96. The molecule has 2 N–H and O–H groups in total. The lowest BCUT2D eigenvalue weighted by molar-refractivity contribution is 0.0824. The first-order valence-electron chi connectivity index (χ1n) is 7.59. The van der Waals surface area contributed by atoms with Crippen molar-refractivity contribution in [1.82, 2.24) is 14.9 Å². The molecule has 1 aliphatic rings. The molecule has 0 saturated heterocycles. The Balaban J connectivity index is 1.65. The molecule has 1 amide bonds. The quantitative estimate of drug-likeness (QED) is 0.855. The molecule has 1 aromatic carbocycles. The number of carbonyl (C=O) groups is 1. The number of hydrogen-bond acceptors (Lipinski definition) is 3. The van der Waals surface area contributed by atoms with E-state index in [9.17, 15) is 9.90 Å². The fourth-order valence-electron chi connectivity index (χ4n) is 2.68. The summed E-state index contributed by atoms with van der Waals surface area (Å²) in [5.41, 5.74) is 1.23. The van der Waals surface area contributed by atoms with Crippen LogP contribution >= 0.6 is 0 Å². The Kier molecular flexibility index (Phi) is 3.98. The highest BCUT2D eigenvalue weighted by molar-refractivity contribution is 5.94. The third-order valence-corrected chi connectivity index (χ3v) is 4.35. The van der Waals surface area contributed by atoms with Crippen LogP contribution in [0.15, 0.2) is 43.0 Å². The Hall–Kier alpha value is -2.14. The maximum absolute atomic E-state index is 12.3. The third-order valence-electron chi connectivity index (χ3n) is 4.35. The molecular formula is C17H21N3O2. The minimum absolute atomic E-state index is 0.0257. The minimum Gasteiger partial charge on any atom is -0.394 e. The van der Waals surface area contributed by atoms with Crippen LogP contribution in [0, 0.1) is 5.92 Å². The van der Waals surface area contributed by atoms with Crippen molar-refractivity contribution in [2.45, 2.75) is 31.8 Å². The fraction of sp³-hybridized carbons (Fsp3) is 0.412. The van der Waals surface area contributed by atoms with Gasteiger partial charge >= 0.3 is 0 Å². The number of aromatic nitrogens is 2. The highest BCUT2D eigenvalue weighted by Gasteiger charge is 2.42. The topological polar surface area (TPSA) is 67.2 Å². The van der Waals surface area contributed by atoms with Gasteiger partial charge in [-0.2, -0.15) is 0 Å². The van der Waals surface area contributed by atoms with E-state index >= 15 is 0 Å². The molecule has 1 fully saturated rings. The van der Waals surface area contributed by atoms with Crippen molar-refractivity contribution >= 4 is 5.91 Å². The second-order valence-corrected chi connectivity index (χ2v) is 6.24. The molecule has 1 aromatic heterocycles. The second kappa shape index (κ2) is 5.93. The number of rotatable bonds is 6. The Morgan fingerprint density at radius 1 is 1.41 bits per heavy atom. The smallest absolute Gasteiger partial charge is 0.251 e. The summed E-state index contributed by atoms with van der Waals surface area (Å²) in [6, 6.07) is 7.54. The molecule has 0 bridgehead atoms. The van der Waals surface area contributed by atoms with Crippen LogP contribution in [0.2, 0.25) is 0 Å². The maximum atomic E-state index is 12.3. The Morgan fingerprint density at radius 3 is 2.68 bits per heavy atom. The molecule has 5 heteroatoms. The molecule has 5 nitrogen and oxygen atoms in total. The molecule has 0 spiro atoms. The first-order valence-corrected chi connectivity index (χ1v) is 7.59. The van der Waals surface area contributed by atoms with E-state index in [4.69, 9.17) is 0 Å². The average Bonchev–Trinajstić information content (AvgIpc) is 3.27. The van der Waals surface area contributed by atoms with Gasteiger partial charge in [0, 0.05) is 24.5 Å². The van der Waals surface area contributed by atoms with Crippen molar-refractivity contribution in [3.63, 3.8) is 0 Å². The van der Waals surface area contributed by atoms with Crippen LogP contribution in [-0.2, 0) is 6.54 Å². The molecule has 2 aromatic rings. The number of aliphatic hydroxyl groups excluding tert-OH is 1. The van der Waals surface area contributed by atoms with Gasteiger partial charge in [-0.15, -0.1) is 0 Å². The summed E-state index contributed by atoms with van der Waals surface area (Å²) in [6.07, 6.45) is 7.56. The van der Waals surface area contributed by atoms with Gasteiger partial charge in [-0.1, -0.05) is 12.1 Å². The number of aliphatic hydroxyl groups is 1. The number of carbonyl (C=O) groups excluding carboxylic acids is 1. The highest BCUT2D eigenvalue weighted by atomic mass is 16.3. The van der Waals surface area contributed by atoms with Gasteiger partial charge in [-0.3, -0.25) is 4.79 Å². The summed E-state index contributed by atoms with van der Waals surface area (Å²) in [6.45, 7) is 2.62. The summed E-state index contributed by atoms with van der Waals surface area (Å²) in [5, 5.41) is 12.5. The Bertz CT molecular complexity index is 632. The summed E-state index contributed by atoms with van der Waals surface area (Å²) in [5.74, 6) is 0.264. The molecule has 0 aliphatic heterocycles. The molecule has 0 radical (unpaired) electrons. The molecule has 22 heavy (non-hydrogen) atoms. The van der Waals surface area contributed by atoms with Gasteiger partial charge < -0.3 is 15.0 Å². The van der Waals surface area contributed by atoms with E-state index in [1.807, 2.05) is 42.0 Å². The summed E-state index contributed by atoms with van der Waals surface area (Å²) in [4.78, 5) is 16.4. The van der Waals surface area contributed by atoms with Gasteiger partial charge in [-0.25, -0.2) is 4.98 Å². The monoisotopic (exact) mass is 299 g/mol. The predicted molar refractivity (Wildman–Crippen MR) is 83.5 cm³/mol. The Morgan fingerprint density at radius 2 is 2.14 bits per heavy atom. The van der Waals surface area contributed by atoms with Crippen LogP contribution in [-0.4, -0.2) is 32.7 Å². The number of benzene rings is 1. The molecule has 1 aliphatic carbocycles. The van der Waals surface area contributed by atoms with Gasteiger partial charge in [-0.05, 0) is 43.4 Å². The van der Waals surface area contributed by atoms with Crippen LogP contribution in [0.1, 0.15) is 35.7 Å². The summed E-state index contributed by atoms with van der Waals surface area (Å²) >= 11 is 0. The molecule has 1 heterocycles. The maximum Gasteiger partial charge on any atom is 0.251 e. The lowest BCUT2D eigenvalue weighted by Gasteiger charge is -2.28. The van der Waals surface area contributed by atoms with Crippen LogP contribution in [0.25, 0.3) is 0 Å². The second-order valence-electron chi connectivity index (χ2n) is 6.24. The number of amides is 1. The van der Waals surface area contributed by atoms with E-state index < -0.39 is 5.54 Å². The third kappa shape index (κ3) is 3.20. The number of nitrogens with zero attached hydrogens (tertiary/aromatic N) is 2. The van der Waals surface area contributed by atoms with Crippen LogP contribution in [0.4, 0.5) is 0 Å². The van der Waals surface area contributed by atoms with Crippen molar-refractivity contribution in [1.29, 1.82) is 0 Å². The van der Waals surface area contributed by atoms with Gasteiger partial charge in [0.05, 0.1) is 18.5 Å². The Labute approximate surface area is 130 Å². The van der Waals surface area contributed by atoms with Gasteiger partial charge in [0.25, 0.3) is 5.91 Å². The molecular weight excluding hydrogens is 278 g/mol. The SMILES string of the molecule is CC(CO)(NC(=O)c1ccc(Cn2ccnc2)cc1)C1CC1. The van der Waals surface area contributed by atoms with E-state index in [1.165, 1.54) is 0 Å². The van der Waals surface area contributed by atoms with E-state index in [1.54, 1.807) is 12.5 Å². The zero-order valence-corrected chi connectivity index (χ0v) is 12.7. The number of imidazole rings is 1. The zero-order valence-electron chi connectivity index (χ0n) is 12.7. The fourth-order valence-corrected chi connectivity index (χ4v) is 2.68. The first-order chi connectivity index (χ1) is 10.6. The van der Waals surface area contributed by atoms with Gasteiger partial charge in [0.2, 0.25) is 0 Å². The van der Waals surface area contributed by atoms with Crippen molar-refractivity contribution in [2.24, 2.45) is 5.92 Å². The van der Waals surface area contributed by atoms with Crippen molar-refractivity contribution in [2.75, 3.05) is 6.61 Å². The lowest BCUT2D eigenvalue weighted by Crippen LogP contribution is -2.50. The largest absolute Gasteiger partial charge is 0.394 e. The van der Waals surface area contributed by atoms with Crippen LogP contribution < -0.4 is 5.32 Å². The normalized spacial score (nSPS) is 17.0. The van der Waals surface area contributed by atoms with Crippen molar-refractivity contribution in [3.05, 3.63) is 54.1 Å².